The fourth-order valence-electron chi connectivity index (χ4n) is 2.32. The van der Waals surface area contributed by atoms with E-state index in [1.54, 1.807) is 0 Å². The molecule has 1 aliphatic heterocycles. The Hall–Kier alpha value is -0.910. The number of rotatable bonds is 4. The van der Waals surface area contributed by atoms with Crippen LogP contribution in [0.25, 0.3) is 0 Å². The van der Waals surface area contributed by atoms with Crippen molar-refractivity contribution < 1.29 is 13.0 Å². The molecule has 1 heterocycles. The quantitative estimate of drug-likeness (QED) is 0.801. The Balaban J connectivity index is 1.99. The molecular weight excluding hydrogens is 238 g/mol. The third-order valence-electron chi connectivity index (χ3n) is 3.11. The summed E-state index contributed by atoms with van der Waals surface area (Å²) in [5.41, 5.74) is 2.59. The molecule has 0 fully saturated rings. The van der Waals surface area contributed by atoms with Gasteiger partial charge in [0.2, 0.25) is 0 Å². The van der Waals surface area contributed by atoms with Gasteiger partial charge in [-0.05, 0) is 36.9 Å². The Morgan fingerprint density at radius 3 is 2.88 bits per heavy atom. The van der Waals surface area contributed by atoms with Gasteiger partial charge in [0.1, 0.15) is 0 Å². The standard InChI is InChI=1S/C12H17NO3S/c14-17(15,16)9-3-6-12-11-5-2-1-4-10(11)7-8-13-12/h1-2,4-5,12-13H,3,6-9H2,(H,14,15,16). The average molecular weight is 255 g/mol. The van der Waals surface area contributed by atoms with Gasteiger partial charge in [0.05, 0.1) is 5.75 Å². The normalized spacial score (nSPS) is 19.9. The van der Waals surface area contributed by atoms with Crippen LogP contribution >= 0.6 is 0 Å². The molecule has 0 aromatic heterocycles. The van der Waals surface area contributed by atoms with Crippen LogP contribution < -0.4 is 5.32 Å². The van der Waals surface area contributed by atoms with E-state index >= 15 is 0 Å². The monoisotopic (exact) mass is 255 g/mol. The van der Waals surface area contributed by atoms with Crippen LogP contribution in [0.1, 0.15) is 30.0 Å². The Morgan fingerprint density at radius 2 is 2.12 bits per heavy atom. The van der Waals surface area contributed by atoms with E-state index in [0.717, 1.165) is 19.4 Å². The molecule has 0 spiro atoms. The summed E-state index contributed by atoms with van der Waals surface area (Å²) in [5.74, 6) is -0.159. The Bertz CT molecular complexity index is 484. The van der Waals surface area contributed by atoms with Crippen LogP contribution in [0.2, 0.25) is 0 Å². The third kappa shape index (κ3) is 3.52. The van der Waals surface area contributed by atoms with Crippen molar-refractivity contribution in [3.8, 4) is 0 Å². The minimum atomic E-state index is -3.83. The lowest BCUT2D eigenvalue weighted by Gasteiger charge is -2.26. The maximum atomic E-state index is 10.7. The van der Waals surface area contributed by atoms with Crippen molar-refractivity contribution in [2.45, 2.75) is 25.3 Å². The molecule has 1 atom stereocenters. The summed E-state index contributed by atoms with van der Waals surface area (Å²) in [6.45, 7) is 0.924. The lowest BCUT2D eigenvalue weighted by molar-refractivity contribution is 0.455. The van der Waals surface area contributed by atoms with E-state index in [2.05, 4.69) is 17.4 Å². The molecule has 1 aromatic rings. The third-order valence-corrected chi connectivity index (χ3v) is 3.92. The largest absolute Gasteiger partial charge is 0.310 e. The second-order valence-corrected chi connectivity index (χ2v) is 5.96. The zero-order valence-electron chi connectivity index (χ0n) is 9.59. The van der Waals surface area contributed by atoms with Crippen molar-refractivity contribution in [2.75, 3.05) is 12.3 Å². The summed E-state index contributed by atoms with van der Waals surface area (Å²) >= 11 is 0. The van der Waals surface area contributed by atoms with Gasteiger partial charge in [-0.2, -0.15) is 8.42 Å². The average Bonchev–Trinajstić information content (AvgIpc) is 2.28. The minimum Gasteiger partial charge on any atom is -0.310 e. The van der Waals surface area contributed by atoms with Gasteiger partial charge in [-0.15, -0.1) is 0 Å². The van der Waals surface area contributed by atoms with Gasteiger partial charge in [-0.1, -0.05) is 24.3 Å². The van der Waals surface area contributed by atoms with E-state index in [9.17, 15) is 8.42 Å². The van der Waals surface area contributed by atoms with Crippen molar-refractivity contribution in [1.29, 1.82) is 0 Å². The summed E-state index contributed by atoms with van der Waals surface area (Å²) < 4.78 is 30.0. The molecule has 17 heavy (non-hydrogen) atoms. The molecule has 1 aliphatic rings. The molecule has 0 bridgehead atoms. The van der Waals surface area contributed by atoms with Gasteiger partial charge in [0.15, 0.2) is 0 Å². The Morgan fingerprint density at radius 1 is 1.35 bits per heavy atom. The van der Waals surface area contributed by atoms with Gasteiger partial charge >= 0.3 is 0 Å². The van der Waals surface area contributed by atoms with Crippen LogP contribution in [0, 0.1) is 0 Å². The molecule has 94 valence electrons. The number of nitrogens with one attached hydrogen (secondary N) is 1. The van der Waals surface area contributed by atoms with Crippen LogP contribution in [-0.4, -0.2) is 25.3 Å². The van der Waals surface area contributed by atoms with E-state index in [4.69, 9.17) is 4.55 Å². The first-order valence-corrected chi connectivity index (χ1v) is 7.43. The lowest BCUT2D eigenvalue weighted by atomic mass is 9.92. The smallest absolute Gasteiger partial charge is 0.264 e. The number of hydrogen-bond acceptors (Lipinski definition) is 3. The number of fused-ring (bicyclic) bond motifs is 1. The van der Waals surface area contributed by atoms with Crippen molar-refractivity contribution >= 4 is 10.1 Å². The van der Waals surface area contributed by atoms with Gasteiger partial charge in [0.25, 0.3) is 10.1 Å². The first-order valence-electron chi connectivity index (χ1n) is 5.82. The van der Waals surface area contributed by atoms with Crippen LogP contribution in [0.3, 0.4) is 0 Å². The van der Waals surface area contributed by atoms with Crippen molar-refractivity contribution in [3.05, 3.63) is 35.4 Å². The van der Waals surface area contributed by atoms with Gasteiger partial charge < -0.3 is 5.32 Å². The highest BCUT2D eigenvalue weighted by Crippen LogP contribution is 2.26. The lowest BCUT2D eigenvalue weighted by Crippen LogP contribution is -2.30. The highest BCUT2D eigenvalue weighted by atomic mass is 32.2. The van der Waals surface area contributed by atoms with Crippen molar-refractivity contribution in [1.82, 2.24) is 5.32 Å². The number of hydrogen-bond donors (Lipinski definition) is 2. The zero-order valence-corrected chi connectivity index (χ0v) is 10.4. The Kier molecular flexibility index (Phi) is 3.81. The zero-order chi connectivity index (χ0) is 12.3. The van der Waals surface area contributed by atoms with E-state index < -0.39 is 10.1 Å². The second kappa shape index (κ2) is 5.16. The van der Waals surface area contributed by atoms with Crippen LogP contribution in [0.5, 0.6) is 0 Å². The minimum absolute atomic E-state index is 0.159. The molecule has 2 N–H and O–H groups in total. The van der Waals surface area contributed by atoms with E-state index in [0.29, 0.717) is 6.42 Å². The summed E-state index contributed by atoms with van der Waals surface area (Å²) in [5, 5.41) is 3.39. The highest BCUT2D eigenvalue weighted by Gasteiger charge is 2.19. The maximum absolute atomic E-state index is 10.7. The van der Waals surface area contributed by atoms with Crippen LogP contribution in [0.15, 0.2) is 24.3 Å². The number of benzene rings is 1. The topological polar surface area (TPSA) is 66.4 Å². The predicted molar refractivity (Wildman–Crippen MR) is 66.5 cm³/mol. The molecule has 5 heteroatoms. The summed E-state index contributed by atoms with van der Waals surface area (Å²) in [6, 6.07) is 8.44. The van der Waals surface area contributed by atoms with Crippen molar-refractivity contribution in [2.24, 2.45) is 0 Å². The molecule has 0 radical (unpaired) electrons. The van der Waals surface area contributed by atoms with Gasteiger partial charge in [-0.25, -0.2) is 0 Å². The highest BCUT2D eigenvalue weighted by molar-refractivity contribution is 7.85. The molecule has 1 aromatic carbocycles. The van der Waals surface area contributed by atoms with Gasteiger partial charge in [-0.3, -0.25) is 4.55 Å². The first-order chi connectivity index (χ1) is 8.06. The van der Waals surface area contributed by atoms with Crippen molar-refractivity contribution in [3.63, 3.8) is 0 Å². The van der Waals surface area contributed by atoms with E-state index in [1.807, 2.05) is 12.1 Å². The molecule has 1 unspecified atom stereocenters. The molecule has 4 nitrogen and oxygen atoms in total. The molecule has 0 aliphatic carbocycles. The van der Waals surface area contributed by atoms with Gasteiger partial charge in [0, 0.05) is 6.04 Å². The fraction of sp³-hybridized carbons (Fsp3) is 0.500. The summed E-state index contributed by atoms with van der Waals surface area (Å²) in [6.07, 6.45) is 2.23. The van der Waals surface area contributed by atoms with E-state index in [1.165, 1.54) is 11.1 Å². The second-order valence-electron chi connectivity index (χ2n) is 4.38. The summed E-state index contributed by atoms with van der Waals surface area (Å²) in [7, 11) is -3.83. The van der Waals surface area contributed by atoms with E-state index in [-0.39, 0.29) is 11.8 Å². The SMILES string of the molecule is O=S(=O)(O)CCCC1NCCc2ccccc21. The maximum Gasteiger partial charge on any atom is 0.264 e. The van der Waals surface area contributed by atoms with Crippen LogP contribution in [0.4, 0.5) is 0 Å². The molecule has 0 saturated heterocycles. The van der Waals surface area contributed by atoms with Crippen LogP contribution in [-0.2, 0) is 16.5 Å². The Labute approximate surface area is 102 Å². The fourth-order valence-corrected chi connectivity index (χ4v) is 2.85. The summed E-state index contributed by atoms with van der Waals surface area (Å²) in [4.78, 5) is 0. The molecule has 0 amide bonds. The molecular formula is C12H17NO3S. The molecule has 2 rings (SSSR count). The predicted octanol–water partition coefficient (Wildman–Crippen LogP) is 1.54. The first kappa shape index (κ1) is 12.5. The molecule has 0 saturated carbocycles.